The molecule has 6 heteroatoms. The highest BCUT2D eigenvalue weighted by molar-refractivity contribution is 9.10. The van der Waals surface area contributed by atoms with E-state index in [-0.39, 0.29) is 11.5 Å². The number of alkyl halides is 3. The highest BCUT2D eigenvalue weighted by atomic mass is 79.9. The Morgan fingerprint density at radius 1 is 1.42 bits per heavy atom. The largest absolute Gasteiger partial charge is 0.417 e. The smallest absolute Gasteiger partial charge is 0.352 e. The Hall–Kier alpha value is -1.04. The zero-order valence-corrected chi connectivity index (χ0v) is 12.2. The van der Waals surface area contributed by atoms with E-state index in [1.807, 2.05) is 13.8 Å². The third-order valence-corrected chi connectivity index (χ3v) is 3.33. The number of benzene rings is 1. The lowest BCUT2D eigenvalue weighted by molar-refractivity contribution is -0.138. The first kappa shape index (κ1) is 16.0. The summed E-state index contributed by atoms with van der Waals surface area (Å²) in [5.41, 5.74) is -1.28. The van der Waals surface area contributed by atoms with Crippen molar-refractivity contribution >= 4 is 21.8 Å². The van der Waals surface area contributed by atoms with Crippen molar-refractivity contribution in [2.24, 2.45) is 5.92 Å². The van der Waals surface area contributed by atoms with Gasteiger partial charge in [-0.2, -0.15) is 13.2 Å². The summed E-state index contributed by atoms with van der Waals surface area (Å²) in [5, 5.41) is 2.53. The number of halogens is 4. The number of carbonyl (C=O) groups excluding carboxylic acids is 1. The van der Waals surface area contributed by atoms with Crippen molar-refractivity contribution in [3.63, 3.8) is 0 Å². The number of carbonyl (C=O) groups is 1. The highest BCUT2D eigenvalue weighted by Crippen LogP contribution is 2.33. The van der Waals surface area contributed by atoms with E-state index in [0.717, 1.165) is 12.5 Å². The molecule has 0 saturated heterocycles. The van der Waals surface area contributed by atoms with Crippen LogP contribution in [0.5, 0.6) is 0 Å². The van der Waals surface area contributed by atoms with Crippen LogP contribution < -0.4 is 5.32 Å². The van der Waals surface area contributed by atoms with Crippen molar-refractivity contribution < 1.29 is 18.0 Å². The fraction of sp³-hybridized carbons (Fsp3) is 0.462. The molecule has 1 N–H and O–H groups in total. The van der Waals surface area contributed by atoms with E-state index in [4.69, 9.17) is 0 Å². The molecule has 0 bridgehead atoms. The van der Waals surface area contributed by atoms with Gasteiger partial charge in [0.1, 0.15) is 0 Å². The standard InChI is InChI=1S/C13H15BrF3NO/c1-3-8(2)7-18-12(19)10-5-4-9(14)6-11(10)13(15,16)17/h4-6,8H,3,7H2,1-2H3,(H,18,19). The van der Waals surface area contributed by atoms with Gasteiger partial charge in [-0.1, -0.05) is 36.2 Å². The van der Waals surface area contributed by atoms with Gasteiger partial charge in [0.2, 0.25) is 0 Å². The lowest BCUT2D eigenvalue weighted by atomic mass is 10.1. The van der Waals surface area contributed by atoms with Crippen molar-refractivity contribution in [2.75, 3.05) is 6.54 Å². The van der Waals surface area contributed by atoms with Gasteiger partial charge in [-0.25, -0.2) is 0 Å². The minimum absolute atomic E-state index is 0.230. The lowest BCUT2D eigenvalue weighted by Gasteiger charge is -2.15. The number of rotatable bonds is 4. The Kier molecular flexibility index (Phi) is 5.40. The van der Waals surface area contributed by atoms with Gasteiger partial charge in [-0.05, 0) is 24.1 Å². The molecular formula is C13H15BrF3NO. The summed E-state index contributed by atoms with van der Waals surface area (Å²) in [6, 6.07) is 3.52. The Morgan fingerprint density at radius 3 is 2.58 bits per heavy atom. The van der Waals surface area contributed by atoms with Crippen LogP contribution in [0.2, 0.25) is 0 Å². The fourth-order valence-corrected chi connectivity index (χ4v) is 1.82. The number of hydrogen-bond acceptors (Lipinski definition) is 1. The zero-order chi connectivity index (χ0) is 14.6. The van der Waals surface area contributed by atoms with Crippen molar-refractivity contribution in [1.29, 1.82) is 0 Å². The third-order valence-electron chi connectivity index (χ3n) is 2.84. The van der Waals surface area contributed by atoms with Crippen LogP contribution in [0.15, 0.2) is 22.7 Å². The van der Waals surface area contributed by atoms with Crippen LogP contribution in [0.4, 0.5) is 13.2 Å². The van der Waals surface area contributed by atoms with Gasteiger partial charge in [0, 0.05) is 11.0 Å². The lowest BCUT2D eigenvalue weighted by Crippen LogP contribution is -2.30. The molecule has 1 aromatic carbocycles. The molecule has 0 aliphatic rings. The van der Waals surface area contributed by atoms with Crippen molar-refractivity contribution in [3.05, 3.63) is 33.8 Å². The molecule has 0 fully saturated rings. The van der Waals surface area contributed by atoms with Crippen LogP contribution in [0, 0.1) is 5.92 Å². The highest BCUT2D eigenvalue weighted by Gasteiger charge is 2.35. The van der Waals surface area contributed by atoms with E-state index in [0.29, 0.717) is 11.0 Å². The summed E-state index contributed by atoms with van der Waals surface area (Å²) in [4.78, 5) is 11.8. The molecule has 106 valence electrons. The molecule has 0 heterocycles. The van der Waals surface area contributed by atoms with Crippen LogP contribution in [0.3, 0.4) is 0 Å². The van der Waals surface area contributed by atoms with E-state index in [9.17, 15) is 18.0 Å². The number of amides is 1. The third kappa shape index (κ3) is 4.53. The van der Waals surface area contributed by atoms with Gasteiger partial charge in [-0.3, -0.25) is 4.79 Å². The molecule has 0 spiro atoms. The second kappa shape index (κ2) is 6.41. The van der Waals surface area contributed by atoms with Crippen molar-refractivity contribution in [1.82, 2.24) is 5.32 Å². The van der Waals surface area contributed by atoms with E-state index in [2.05, 4.69) is 21.2 Å². The fourth-order valence-electron chi connectivity index (χ4n) is 1.46. The maximum Gasteiger partial charge on any atom is 0.417 e. The van der Waals surface area contributed by atoms with Crippen LogP contribution in [-0.4, -0.2) is 12.5 Å². The summed E-state index contributed by atoms with van der Waals surface area (Å²) in [5.74, 6) is -0.464. The van der Waals surface area contributed by atoms with Gasteiger partial charge in [0.15, 0.2) is 0 Å². The van der Waals surface area contributed by atoms with E-state index in [1.54, 1.807) is 0 Å². The average molecular weight is 338 g/mol. The first-order chi connectivity index (χ1) is 8.75. The van der Waals surface area contributed by atoms with Crippen LogP contribution in [-0.2, 0) is 6.18 Å². The average Bonchev–Trinajstić information content (AvgIpc) is 2.34. The summed E-state index contributed by atoms with van der Waals surface area (Å²) in [7, 11) is 0. The quantitative estimate of drug-likeness (QED) is 0.874. The maximum atomic E-state index is 12.9. The number of nitrogens with one attached hydrogen (secondary N) is 1. The minimum Gasteiger partial charge on any atom is -0.352 e. The van der Waals surface area contributed by atoms with Crippen LogP contribution in [0.1, 0.15) is 36.2 Å². The first-order valence-electron chi connectivity index (χ1n) is 5.90. The van der Waals surface area contributed by atoms with Crippen molar-refractivity contribution in [2.45, 2.75) is 26.4 Å². The zero-order valence-electron chi connectivity index (χ0n) is 10.6. The molecule has 1 atom stereocenters. The molecule has 0 aliphatic carbocycles. The summed E-state index contributed by atoms with van der Waals surface area (Å²) in [6.07, 6.45) is -3.69. The van der Waals surface area contributed by atoms with Crippen molar-refractivity contribution in [3.8, 4) is 0 Å². The molecule has 0 radical (unpaired) electrons. The van der Waals surface area contributed by atoms with Gasteiger partial charge in [0.05, 0.1) is 11.1 Å². The normalized spacial score (nSPS) is 13.2. The van der Waals surface area contributed by atoms with Gasteiger partial charge >= 0.3 is 6.18 Å². The number of hydrogen-bond donors (Lipinski definition) is 1. The molecule has 0 aromatic heterocycles. The van der Waals surface area contributed by atoms with E-state index in [1.165, 1.54) is 12.1 Å². The Bertz CT molecular complexity index is 460. The molecule has 1 unspecified atom stereocenters. The topological polar surface area (TPSA) is 29.1 Å². The predicted molar refractivity (Wildman–Crippen MR) is 70.9 cm³/mol. The predicted octanol–water partition coefficient (Wildman–Crippen LogP) is 4.24. The van der Waals surface area contributed by atoms with E-state index >= 15 is 0 Å². The second-order valence-corrected chi connectivity index (χ2v) is 5.33. The molecule has 1 amide bonds. The van der Waals surface area contributed by atoms with E-state index < -0.39 is 17.6 Å². The maximum absolute atomic E-state index is 12.9. The van der Waals surface area contributed by atoms with Crippen LogP contribution >= 0.6 is 15.9 Å². The van der Waals surface area contributed by atoms with Crippen LogP contribution in [0.25, 0.3) is 0 Å². The van der Waals surface area contributed by atoms with Gasteiger partial charge in [0.25, 0.3) is 5.91 Å². The summed E-state index contributed by atoms with van der Waals surface area (Å²) >= 11 is 2.98. The summed E-state index contributed by atoms with van der Waals surface area (Å²) < 4.78 is 38.8. The Labute approximate surface area is 118 Å². The minimum atomic E-state index is -4.55. The summed E-state index contributed by atoms with van der Waals surface area (Å²) in [6.45, 7) is 4.24. The van der Waals surface area contributed by atoms with Gasteiger partial charge < -0.3 is 5.32 Å². The Balaban J connectivity index is 2.97. The Morgan fingerprint density at radius 2 is 2.05 bits per heavy atom. The van der Waals surface area contributed by atoms with Gasteiger partial charge in [-0.15, -0.1) is 0 Å². The molecule has 19 heavy (non-hydrogen) atoms. The molecule has 1 rings (SSSR count). The molecule has 0 aliphatic heterocycles. The molecule has 0 saturated carbocycles. The SMILES string of the molecule is CCC(C)CNC(=O)c1ccc(Br)cc1C(F)(F)F. The molecule has 1 aromatic rings. The second-order valence-electron chi connectivity index (χ2n) is 4.41. The monoisotopic (exact) mass is 337 g/mol. The molecule has 2 nitrogen and oxygen atoms in total. The first-order valence-corrected chi connectivity index (χ1v) is 6.70. The molecular weight excluding hydrogens is 323 g/mol.